The second-order valence-electron chi connectivity index (χ2n) is 7.83. The molecule has 5 nitrogen and oxygen atoms in total. The molecule has 1 unspecified atom stereocenters. The van der Waals surface area contributed by atoms with Crippen molar-refractivity contribution in [1.82, 2.24) is 14.9 Å². The number of fused-ring (bicyclic) bond motifs is 2. The molecule has 5 rings (SSSR count). The SMILES string of the molecule is CN(CC1CCN(c2nc3ccccc3[nH]2)CC1)C1Cc2ccccc2O1. The van der Waals surface area contributed by atoms with Crippen LogP contribution in [0.3, 0.4) is 0 Å². The molecule has 0 bridgehead atoms. The second-order valence-corrected chi connectivity index (χ2v) is 7.83. The quantitative estimate of drug-likeness (QED) is 0.769. The Morgan fingerprint density at radius 2 is 1.89 bits per heavy atom. The lowest BCUT2D eigenvalue weighted by atomic mass is 9.96. The first kappa shape index (κ1) is 16.6. The van der Waals surface area contributed by atoms with Gasteiger partial charge in [0.1, 0.15) is 5.75 Å². The highest BCUT2D eigenvalue weighted by molar-refractivity contribution is 5.77. The summed E-state index contributed by atoms with van der Waals surface area (Å²) in [6.07, 6.45) is 3.56. The number of nitrogens with one attached hydrogen (secondary N) is 1. The van der Waals surface area contributed by atoms with Crippen LogP contribution in [-0.4, -0.2) is 47.8 Å². The maximum Gasteiger partial charge on any atom is 0.203 e. The summed E-state index contributed by atoms with van der Waals surface area (Å²) in [6, 6.07) is 16.6. The van der Waals surface area contributed by atoms with Crippen molar-refractivity contribution in [2.24, 2.45) is 5.92 Å². The Balaban J connectivity index is 1.16. The Morgan fingerprint density at radius 1 is 1.11 bits per heavy atom. The molecule has 2 aromatic carbocycles. The van der Waals surface area contributed by atoms with Crippen molar-refractivity contribution in [3.8, 4) is 5.75 Å². The number of likely N-dealkylation sites (N-methyl/N-ethyl adjacent to an activating group) is 1. The molecule has 1 N–H and O–H groups in total. The first-order valence-corrected chi connectivity index (χ1v) is 9.91. The van der Waals surface area contributed by atoms with Crippen molar-refractivity contribution in [1.29, 1.82) is 0 Å². The van der Waals surface area contributed by atoms with E-state index < -0.39 is 0 Å². The van der Waals surface area contributed by atoms with E-state index in [2.05, 4.69) is 64.3 Å². The first-order valence-electron chi connectivity index (χ1n) is 9.91. The predicted molar refractivity (Wildman–Crippen MR) is 108 cm³/mol. The van der Waals surface area contributed by atoms with Crippen LogP contribution in [0.2, 0.25) is 0 Å². The normalized spacial score (nSPS) is 20.2. The van der Waals surface area contributed by atoms with Crippen molar-refractivity contribution in [3.05, 3.63) is 54.1 Å². The lowest BCUT2D eigenvalue weighted by Crippen LogP contribution is -2.42. The second kappa shape index (κ2) is 6.89. The number of H-pyrrole nitrogens is 1. The molecule has 1 aromatic heterocycles. The van der Waals surface area contributed by atoms with Gasteiger partial charge in [-0.3, -0.25) is 4.90 Å². The number of benzene rings is 2. The third-order valence-corrected chi connectivity index (χ3v) is 5.96. The van der Waals surface area contributed by atoms with E-state index in [-0.39, 0.29) is 6.23 Å². The lowest BCUT2D eigenvalue weighted by Gasteiger charge is -2.35. The number of aromatic amines is 1. The van der Waals surface area contributed by atoms with Gasteiger partial charge in [-0.05, 0) is 49.6 Å². The molecule has 2 aliphatic heterocycles. The van der Waals surface area contributed by atoms with E-state index in [1.807, 2.05) is 6.07 Å². The van der Waals surface area contributed by atoms with E-state index in [0.717, 1.165) is 48.8 Å². The molecule has 1 fully saturated rings. The van der Waals surface area contributed by atoms with Crippen LogP contribution in [0.25, 0.3) is 11.0 Å². The van der Waals surface area contributed by atoms with Crippen molar-refractivity contribution in [2.75, 3.05) is 31.6 Å². The van der Waals surface area contributed by atoms with Gasteiger partial charge in [-0.1, -0.05) is 30.3 Å². The number of para-hydroxylation sites is 3. The van der Waals surface area contributed by atoms with Crippen LogP contribution in [0.5, 0.6) is 5.75 Å². The fourth-order valence-electron chi connectivity index (χ4n) is 4.35. The summed E-state index contributed by atoms with van der Waals surface area (Å²) < 4.78 is 6.13. The predicted octanol–water partition coefficient (Wildman–Crippen LogP) is 3.67. The number of anilines is 1. The van der Waals surface area contributed by atoms with Crippen LogP contribution in [-0.2, 0) is 6.42 Å². The average molecular weight is 362 g/mol. The fraction of sp³-hybridized carbons (Fsp3) is 0.409. The topological polar surface area (TPSA) is 44.4 Å². The van der Waals surface area contributed by atoms with Gasteiger partial charge in [-0.25, -0.2) is 4.98 Å². The monoisotopic (exact) mass is 362 g/mol. The fourth-order valence-corrected chi connectivity index (χ4v) is 4.35. The van der Waals surface area contributed by atoms with Crippen LogP contribution in [0.4, 0.5) is 5.95 Å². The molecular weight excluding hydrogens is 336 g/mol. The molecular formula is C22H26N4O. The number of aromatic nitrogens is 2. The van der Waals surface area contributed by atoms with E-state index in [9.17, 15) is 0 Å². The highest BCUT2D eigenvalue weighted by Gasteiger charge is 2.29. The van der Waals surface area contributed by atoms with Crippen LogP contribution in [0, 0.1) is 5.92 Å². The summed E-state index contributed by atoms with van der Waals surface area (Å²) in [4.78, 5) is 13.0. The maximum absolute atomic E-state index is 6.13. The summed E-state index contributed by atoms with van der Waals surface area (Å²) in [6.45, 7) is 3.21. The van der Waals surface area contributed by atoms with Crippen molar-refractivity contribution in [3.63, 3.8) is 0 Å². The standard InChI is InChI=1S/C22H26N4O/c1-25(21-14-17-6-2-5-9-20(17)27-21)15-16-10-12-26(13-11-16)22-23-18-7-3-4-8-19(18)24-22/h2-9,16,21H,10-15H2,1H3,(H,23,24). The third kappa shape index (κ3) is 3.28. The minimum absolute atomic E-state index is 0.177. The first-order chi connectivity index (χ1) is 13.3. The zero-order chi connectivity index (χ0) is 18.2. The van der Waals surface area contributed by atoms with Gasteiger partial charge in [0.05, 0.1) is 11.0 Å². The summed E-state index contributed by atoms with van der Waals surface area (Å²) in [5.74, 6) is 2.77. The Morgan fingerprint density at radius 3 is 2.70 bits per heavy atom. The summed E-state index contributed by atoms with van der Waals surface area (Å²) in [5, 5.41) is 0. The molecule has 0 saturated carbocycles. The van der Waals surface area contributed by atoms with Gasteiger partial charge >= 0.3 is 0 Å². The smallest absolute Gasteiger partial charge is 0.203 e. The van der Waals surface area contributed by atoms with E-state index in [1.165, 1.54) is 18.4 Å². The highest BCUT2D eigenvalue weighted by atomic mass is 16.5. The number of hydrogen-bond acceptors (Lipinski definition) is 4. The molecule has 27 heavy (non-hydrogen) atoms. The van der Waals surface area contributed by atoms with E-state index >= 15 is 0 Å². The van der Waals surface area contributed by atoms with Gasteiger partial charge in [0.25, 0.3) is 0 Å². The van der Waals surface area contributed by atoms with Gasteiger partial charge in [0.15, 0.2) is 6.23 Å². The molecule has 0 amide bonds. The molecule has 2 aliphatic rings. The van der Waals surface area contributed by atoms with E-state index in [1.54, 1.807) is 0 Å². The number of hydrogen-bond donors (Lipinski definition) is 1. The number of nitrogens with zero attached hydrogens (tertiary/aromatic N) is 3. The Hall–Kier alpha value is -2.53. The zero-order valence-electron chi connectivity index (χ0n) is 15.8. The summed E-state index contributed by atoms with van der Waals surface area (Å²) >= 11 is 0. The summed E-state index contributed by atoms with van der Waals surface area (Å²) in [7, 11) is 2.20. The molecule has 0 spiro atoms. The minimum atomic E-state index is 0.177. The van der Waals surface area contributed by atoms with Crippen LogP contribution in [0.15, 0.2) is 48.5 Å². The molecule has 1 saturated heterocycles. The third-order valence-electron chi connectivity index (χ3n) is 5.96. The van der Waals surface area contributed by atoms with Gasteiger partial charge < -0.3 is 14.6 Å². The highest BCUT2D eigenvalue weighted by Crippen LogP contribution is 2.30. The Kier molecular flexibility index (Phi) is 4.24. The molecule has 5 heteroatoms. The molecule has 140 valence electrons. The largest absolute Gasteiger partial charge is 0.474 e. The van der Waals surface area contributed by atoms with Crippen molar-refractivity contribution >= 4 is 17.0 Å². The molecule has 0 radical (unpaired) electrons. The van der Waals surface area contributed by atoms with Gasteiger partial charge in [-0.2, -0.15) is 0 Å². The summed E-state index contributed by atoms with van der Waals surface area (Å²) in [5.41, 5.74) is 3.49. The number of ether oxygens (including phenoxy) is 1. The Labute approximate surface area is 160 Å². The number of piperidine rings is 1. The Bertz CT molecular complexity index is 871. The molecule has 0 aliphatic carbocycles. The van der Waals surface area contributed by atoms with E-state index in [0.29, 0.717) is 5.92 Å². The maximum atomic E-state index is 6.13. The van der Waals surface area contributed by atoms with Crippen LogP contribution < -0.4 is 9.64 Å². The molecule has 3 heterocycles. The van der Waals surface area contributed by atoms with Gasteiger partial charge in [-0.15, -0.1) is 0 Å². The van der Waals surface area contributed by atoms with Gasteiger partial charge in [0.2, 0.25) is 5.95 Å². The van der Waals surface area contributed by atoms with Crippen LogP contribution >= 0.6 is 0 Å². The van der Waals surface area contributed by atoms with Crippen LogP contribution in [0.1, 0.15) is 18.4 Å². The van der Waals surface area contributed by atoms with E-state index in [4.69, 9.17) is 9.72 Å². The lowest BCUT2D eigenvalue weighted by molar-refractivity contribution is 0.0490. The van der Waals surface area contributed by atoms with Gasteiger partial charge in [0, 0.05) is 26.1 Å². The number of rotatable bonds is 4. The number of imidazole rings is 1. The molecule has 1 atom stereocenters. The van der Waals surface area contributed by atoms with Crippen molar-refractivity contribution in [2.45, 2.75) is 25.5 Å². The minimum Gasteiger partial charge on any atom is -0.474 e. The molecule has 3 aromatic rings. The zero-order valence-corrected chi connectivity index (χ0v) is 15.8. The average Bonchev–Trinajstić information content (AvgIpc) is 3.32. The van der Waals surface area contributed by atoms with Crippen molar-refractivity contribution < 1.29 is 4.74 Å².